The van der Waals surface area contributed by atoms with E-state index in [0.717, 1.165) is 74.5 Å². The van der Waals surface area contributed by atoms with Gasteiger partial charge >= 0.3 is 0 Å². The first-order valence-corrected chi connectivity index (χ1v) is 28.3. The highest BCUT2D eigenvalue weighted by atomic mass is 33.1. The lowest BCUT2D eigenvalue weighted by molar-refractivity contribution is -0.147. The average molecular weight is 1120 g/mol. The van der Waals surface area contributed by atoms with Crippen LogP contribution in [0.2, 0.25) is 0 Å². The van der Waals surface area contributed by atoms with Crippen molar-refractivity contribution in [1.29, 1.82) is 0 Å². The fourth-order valence-electron chi connectivity index (χ4n) is 8.13. The lowest BCUT2D eigenvalue weighted by atomic mass is 10.1. The van der Waals surface area contributed by atoms with E-state index < -0.39 is 143 Å². The minimum absolute atomic E-state index is 0.152. The summed E-state index contributed by atoms with van der Waals surface area (Å²) >= 11 is 1.91. The van der Waals surface area contributed by atoms with Crippen LogP contribution >= 0.6 is 45.1 Å². The van der Waals surface area contributed by atoms with E-state index in [1.54, 1.807) is 61.0 Å². The van der Waals surface area contributed by atoms with E-state index in [1.807, 2.05) is 0 Å². The molecular weight excluding hydrogens is 1060 g/mol. The molecule has 406 valence electrons. The summed E-state index contributed by atoms with van der Waals surface area (Å²) in [6.45, 7) is -2.51. The second kappa shape index (κ2) is 25.7. The molecule has 0 aliphatic carbocycles. The van der Waals surface area contributed by atoms with Gasteiger partial charge < -0.3 is 60.9 Å². The highest BCUT2D eigenvalue weighted by Crippen LogP contribution is 2.29. The van der Waals surface area contributed by atoms with Crippen molar-refractivity contribution in [3.05, 3.63) is 72.1 Å². The van der Waals surface area contributed by atoms with Crippen LogP contribution in [-0.4, -0.2) is 236 Å². The van der Waals surface area contributed by atoms with E-state index in [9.17, 15) is 58.2 Å². The van der Waals surface area contributed by atoms with Crippen molar-refractivity contribution in [1.82, 2.24) is 60.6 Å². The van der Waals surface area contributed by atoms with Crippen LogP contribution in [0.25, 0.3) is 21.8 Å². The molecule has 2 saturated heterocycles. The maximum atomic E-state index is 14.7. The van der Waals surface area contributed by atoms with Crippen LogP contribution in [0.5, 0.6) is 11.5 Å². The van der Waals surface area contributed by atoms with Gasteiger partial charge in [-0.25, -0.2) is 9.97 Å². The Morgan fingerprint density at radius 2 is 0.921 bits per heavy atom. The molecule has 2 aliphatic rings. The van der Waals surface area contributed by atoms with Crippen LogP contribution in [0.15, 0.2) is 60.7 Å². The Bertz CT molecular complexity index is 2750. The Hall–Kier alpha value is -7.04. The van der Waals surface area contributed by atoms with Crippen molar-refractivity contribution in [2.24, 2.45) is 0 Å². The normalized spacial score (nSPS) is 22.9. The molecule has 6 N–H and O–H groups in total. The molecule has 10 amide bonds. The number of pyridine rings is 2. The van der Waals surface area contributed by atoms with Crippen molar-refractivity contribution < 1.29 is 58.2 Å². The molecule has 76 heavy (non-hydrogen) atoms. The first-order chi connectivity index (χ1) is 36.1. The number of aromatic nitrogens is 2. The summed E-state index contributed by atoms with van der Waals surface area (Å²) in [5.41, 5.74) is -0.160. The van der Waals surface area contributed by atoms with E-state index in [2.05, 4.69) is 31.2 Å². The maximum absolute atomic E-state index is 14.7. The summed E-state index contributed by atoms with van der Waals surface area (Å²) in [5.74, 6) is -9.67. The van der Waals surface area contributed by atoms with Gasteiger partial charge in [-0.1, -0.05) is 58.0 Å². The fraction of sp³-hybridized carbons (Fsp3) is 0.417. The predicted molar refractivity (Wildman–Crippen MR) is 289 cm³/mol. The molecule has 2 aliphatic heterocycles. The number of nitrogens with one attached hydrogen (secondary N) is 4. The van der Waals surface area contributed by atoms with E-state index in [1.165, 1.54) is 54.4 Å². The molecule has 0 spiro atoms. The number of hydrogen-bond acceptors (Lipinski definition) is 18. The number of rotatable bonds is 6. The third kappa shape index (κ3) is 13.3. The molecule has 2 aromatic heterocycles. The summed E-state index contributed by atoms with van der Waals surface area (Å²) in [5, 5.41) is 30.2. The molecule has 28 heteroatoms. The van der Waals surface area contributed by atoms with Gasteiger partial charge in [0.2, 0.25) is 35.4 Å². The molecule has 0 saturated carbocycles. The van der Waals surface area contributed by atoms with E-state index in [4.69, 9.17) is 0 Å². The Kier molecular flexibility index (Phi) is 19.7. The molecule has 4 heterocycles. The van der Waals surface area contributed by atoms with Gasteiger partial charge in [0.1, 0.15) is 35.7 Å². The van der Waals surface area contributed by atoms with Gasteiger partial charge in [0.25, 0.3) is 23.6 Å². The first kappa shape index (κ1) is 58.2. The third-order valence-electron chi connectivity index (χ3n) is 12.7. The zero-order valence-corrected chi connectivity index (χ0v) is 45.9. The number of aromatic hydroxyl groups is 2. The van der Waals surface area contributed by atoms with Crippen LogP contribution in [0, 0.1) is 0 Å². The van der Waals surface area contributed by atoms with Crippen LogP contribution in [-0.2, 0) is 38.4 Å². The number of amides is 10. The van der Waals surface area contributed by atoms with Gasteiger partial charge in [0.05, 0.1) is 24.1 Å². The Morgan fingerprint density at radius 1 is 0.566 bits per heavy atom. The average Bonchev–Trinajstić information content (AvgIpc) is 3.40. The highest BCUT2D eigenvalue weighted by Gasteiger charge is 2.40. The van der Waals surface area contributed by atoms with Crippen LogP contribution in [0.4, 0.5) is 0 Å². The lowest BCUT2D eigenvalue weighted by Gasteiger charge is -2.37. The van der Waals surface area contributed by atoms with Gasteiger partial charge in [-0.15, -0.1) is 23.5 Å². The number of carbonyl (C=O) groups is 10. The fourth-order valence-corrected chi connectivity index (χ4v) is 12.3. The number of likely N-dealkylation sites (N-methyl/N-ethyl adjacent to an activating group) is 6. The van der Waals surface area contributed by atoms with E-state index in [-0.39, 0.29) is 11.5 Å². The van der Waals surface area contributed by atoms with Crippen molar-refractivity contribution in [3.8, 4) is 11.5 Å². The number of benzene rings is 2. The van der Waals surface area contributed by atoms with Gasteiger partial charge in [0.15, 0.2) is 22.1 Å². The molecule has 6 rings (SSSR count). The summed E-state index contributed by atoms with van der Waals surface area (Å²) < 4.78 is 0. The summed E-state index contributed by atoms with van der Waals surface area (Å²) in [7, 11) is 10.1. The first-order valence-electron chi connectivity index (χ1n) is 23.3. The van der Waals surface area contributed by atoms with Gasteiger partial charge in [-0.05, 0) is 36.8 Å². The van der Waals surface area contributed by atoms with E-state index in [0.29, 0.717) is 21.8 Å². The van der Waals surface area contributed by atoms with Crippen LogP contribution in [0.3, 0.4) is 0 Å². The zero-order valence-electron chi connectivity index (χ0n) is 42.7. The molecule has 2 fully saturated rings. The SMILES string of the molecule is CSC1C(=O)N(C)CC(NC(=O)c2nc3ccccc3cc2O)C(=O)NCC(=O)N(C)C2CSSCC(C(=O)N1C)N(C)C(=O)CNC(=O)C(NC(=O)c1nc3ccccc3cc1O)CN(C)C(=O)C(SC)N(C)C2=O. The molecule has 6 atom stereocenters. The van der Waals surface area contributed by atoms with Gasteiger partial charge in [-0.3, -0.25) is 47.9 Å². The third-order valence-corrected chi connectivity index (χ3v) is 17.0. The number of fused-ring (bicyclic) bond motifs is 7. The second-order valence-corrected chi connectivity index (χ2v) is 22.1. The Morgan fingerprint density at radius 3 is 1.28 bits per heavy atom. The second-order valence-electron chi connectivity index (χ2n) is 17.7. The van der Waals surface area contributed by atoms with Crippen molar-refractivity contribution in [2.75, 3.05) is 92.5 Å². The number of hydrogen-bond donors (Lipinski definition) is 6. The standard InChI is InChI=1S/C48H58N12O12S4/c1-55-21-29(53-41(67)37-33(61)17-25-13-9-11-15-27(25)51-37)39(65)49-19-35(63)58(4)32-24-76-75-23-31(43(69)59(5)47(73-7)45(55)71)57(3)36(64)20-50-40(66)30(22-56(2)46(72)48(74-8)60(6)44(32)70)54-42(68)38-34(62)18-26-14-10-12-16-28(26)52-38/h9-18,29-32,47-48,61-62H,19-24H2,1-8H3,(H,49,65)(H,50,66)(H,53,67)(H,54,68). The van der Waals surface area contributed by atoms with Gasteiger partial charge in [-0.2, -0.15) is 0 Å². The van der Waals surface area contributed by atoms with Crippen molar-refractivity contribution in [2.45, 2.75) is 34.9 Å². The van der Waals surface area contributed by atoms with Crippen LogP contribution in [0.1, 0.15) is 21.0 Å². The van der Waals surface area contributed by atoms with E-state index >= 15 is 0 Å². The molecule has 0 radical (unpaired) electrons. The van der Waals surface area contributed by atoms with Crippen molar-refractivity contribution in [3.63, 3.8) is 0 Å². The minimum Gasteiger partial charge on any atom is -0.505 e. The summed E-state index contributed by atoms with van der Waals surface area (Å²) in [6, 6.07) is 10.1. The quantitative estimate of drug-likeness (QED) is 0.134. The number of thioether (sulfide) groups is 2. The van der Waals surface area contributed by atoms with Crippen LogP contribution < -0.4 is 21.3 Å². The maximum Gasteiger partial charge on any atom is 0.274 e. The topological polar surface area (TPSA) is 304 Å². The molecule has 4 aromatic rings. The molecule has 24 nitrogen and oxygen atoms in total. The molecule has 2 aromatic carbocycles. The molecule has 2 bridgehead atoms. The predicted octanol–water partition coefficient (Wildman–Crippen LogP) is -0.402. The Balaban J connectivity index is 1.37. The largest absolute Gasteiger partial charge is 0.505 e. The smallest absolute Gasteiger partial charge is 0.274 e. The number of para-hydroxylation sites is 2. The Labute approximate surface area is 453 Å². The lowest BCUT2D eigenvalue weighted by Crippen LogP contribution is -2.60. The number of nitrogens with zero attached hydrogens (tertiary/aromatic N) is 8. The minimum atomic E-state index is -1.60. The summed E-state index contributed by atoms with van der Waals surface area (Å²) in [6.07, 6.45) is 3.11. The number of carbonyl (C=O) groups excluding carboxylic acids is 10. The molecular formula is C48H58N12O12S4. The summed E-state index contributed by atoms with van der Waals surface area (Å²) in [4.78, 5) is 157. The highest BCUT2D eigenvalue weighted by molar-refractivity contribution is 8.76. The van der Waals surface area contributed by atoms with Crippen molar-refractivity contribution >= 4 is 126 Å². The molecule has 6 unspecified atom stereocenters. The monoisotopic (exact) mass is 1120 g/mol. The zero-order chi connectivity index (χ0) is 55.7. The van der Waals surface area contributed by atoms with Gasteiger partial charge in [0, 0.05) is 77.7 Å².